The number of carbonyl (C=O) groups is 1. The Labute approximate surface area is 127 Å². The van der Waals surface area contributed by atoms with Crippen molar-refractivity contribution in [1.82, 2.24) is 19.8 Å². The first-order chi connectivity index (χ1) is 9.86. The smallest absolute Gasteiger partial charge is 0.261 e. The lowest BCUT2D eigenvalue weighted by atomic mass is 10.3. The van der Waals surface area contributed by atoms with Crippen molar-refractivity contribution < 1.29 is 13.2 Å². The molecule has 0 aliphatic carbocycles. The molecular formula is C12H16N4O3S2. The number of hydrogen-bond acceptors (Lipinski definition) is 5. The van der Waals surface area contributed by atoms with E-state index < -0.39 is 10.0 Å². The van der Waals surface area contributed by atoms with E-state index in [9.17, 15) is 13.2 Å². The fourth-order valence-electron chi connectivity index (χ4n) is 1.74. The van der Waals surface area contributed by atoms with Gasteiger partial charge in [-0.05, 0) is 13.0 Å². The highest BCUT2D eigenvalue weighted by Gasteiger charge is 2.24. The van der Waals surface area contributed by atoms with E-state index in [1.807, 2.05) is 6.92 Å². The zero-order valence-electron chi connectivity index (χ0n) is 11.9. The van der Waals surface area contributed by atoms with Gasteiger partial charge in [0.25, 0.3) is 5.91 Å². The van der Waals surface area contributed by atoms with Crippen LogP contribution in [0.15, 0.2) is 22.5 Å². The normalized spacial score (nSPS) is 11.8. The molecule has 1 amide bonds. The largest absolute Gasteiger partial charge is 0.354 e. The predicted octanol–water partition coefficient (Wildman–Crippen LogP) is 0.960. The molecule has 0 bridgehead atoms. The summed E-state index contributed by atoms with van der Waals surface area (Å²) in [6.07, 6.45) is 1.60. The molecule has 0 aliphatic rings. The molecule has 0 aromatic carbocycles. The number of aromatic amines is 1. The second-order valence-electron chi connectivity index (χ2n) is 4.51. The fraction of sp³-hybridized carbons (Fsp3) is 0.333. The summed E-state index contributed by atoms with van der Waals surface area (Å²) in [6.45, 7) is 2.05. The van der Waals surface area contributed by atoms with E-state index in [4.69, 9.17) is 0 Å². The van der Waals surface area contributed by atoms with Crippen LogP contribution >= 0.6 is 11.3 Å². The molecule has 7 nitrogen and oxygen atoms in total. The Morgan fingerprint density at radius 2 is 2.24 bits per heavy atom. The molecule has 114 valence electrons. The summed E-state index contributed by atoms with van der Waals surface area (Å²) in [5.74, 6) is -0.296. The van der Waals surface area contributed by atoms with Gasteiger partial charge in [-0.1, -0.05) is 0 Å². The first-order valence-corrected chi connectivity index (χ1v) is 8.44. The number of rotatable bonds is 5. The Balaban J connectivity index is 2.23. The van der Waals surface area contributed by atoms with Gasteiger partial charge in [-0.25, -0.2) is 8.42 Å². The average molecular weight is 328 g/mol. The third-order valence-corrected chi connectivity index (χ3v) is 5.92. The standard InChI is InChI=1S/C12H16N4O3S2/c1-8-9(5-14-15-8)6-16(3)21(18,19)10-4-11(20-7-10)12(17)13-2/h4-5,7H,6H2,1-3H3,(H,13,17)(H,14,15). The van der Waals surface area contributed by atoms with Gasteiger partial charge in [-0.2, -0.15) is 9.40 Å². The topological polar surface area (TPSA) is 95.2 Å². The molecule has 0 saturated carbocycles. The van der Waals surface area contributed by atoms with Crippen LogP contribution in [0.3, 0.4) is 0 Å². The molecule has 9 heteroatoms. The third kappa shape index (κ3) is 3.14. The zero-order chi connectivity index (χ0) is 15.6. The number of nitrogens with zero attached hydrogens (tertiary/aromatic N) is 2. The molecule has 0 spiro atoms. The van der Waals surface area contributed by atoms with E-state index in [0.717, 1.165) is 22.6 Å². The van der Waals surface area contributed by atoms with Crippen molar-refractivity contribution in [3.63, 3.8) is 0 Å². The van der Waals surface area contributed by atoms with E-state index in [-0.39, 0.29) is 17.3 Å². The van der Waals surface area contributed by atoms with Crippen LogP contribution in [0.1, 0.15) is 20.9 Å². The number of aromatic nitrogens is 2. The van der Waals surface area contributed by atoms with E-state index in [0.29, 0.717) is 4.88 Å². The molecule has 2 aromatic rings. The Morgan fingerprint density at radius 1 is 1.52 bits per heavy atom. The van der Waals surface area contributed by atoms with Gasteiger partial charge in [0.05, 0.1) is 16.0 Å². The van der Waals surface area contributed by atoms with Crippen LogP contribution < -0.4 is 5.32 Å². The van der Waals surface area contributed by atoms with Gasteiger partial charge in [0.15, 0.2) is 0 Å². The molecule has 0 unspecified atom stereocenters. The lowest BCUT2D eigenvalue weighted by Crippen LogP contribution is -2.26. The van der Waals surface area contributed by atoms with Crippen molar-refractivity contribution in [2.45, 2.75) is 18.4 Å². The van der Waals surface area contributed by atoms with Crippen molar-refractivity contribution in [3.8, 4) is 0 Å². The molecule has 0 radical (unpaired) electrons. The molecule has 0 fully saturated rings. The lowest BCUT2D eigenvalue weighted by Gasteiger charge is -2.15. The van der Waals surface area contributed by atoms with Crippen molar-refractivity contribution in [3.05, 3.63) is 33.8 Å². The Morgan fingerprint density at radius 3 is 2.81 bits per heavy atom. The number of H-pyrrole nitrogens is 1. The highest BCUT2D eigenvalue weighted by atomic mass is 32.2. The maximum Gasteiger partial charge on any atom is 0.261 e. The summed E-state index contributed by atoms with van der Waals surface area (Å²) < 4.78 is 26.2. The van der Waals surface area contributed by atoms with E-state index in [2.05, 4.69) is 15.5 Å². The third-order valence-electron chi connectivity index (χ3n) is 3.06. The van der Waals surface area contributed by atoms with Gasteiger partial charge in [-0.3, -0.25) is 9.89 Å². The molecular weight excluding hydrogens is 312 g/mol. The summed E-state index contributed by atoms with van der Waals surface area (Å²) in [7, 11) is -0.628. The average Bonchev–Trinajstić information content (AvgIpc) is 3.08. The number of hydrogen-bond donors (Lipinski definition) is 2. The van der Waals surface area contributed by atoms with Gasteiger partial charge in [0.1, 0.15) is 0 Å². The van der Waals surface area contributed by atoms with Gasteiger partial charge < -0.3 is 5.32 Å². The molecule has 21 heavy (non-hydrogen) atoms. The van der Waals surface area contributed by atoms with Gasteiger partial charge in [-0.15, -0.1) is 11.3 Å². The molecule has 0 aliphatic heterocycles. The Hall–Kier alpha value is -1.71. The Kier molecular flexibility index (Phi) is 4.45. The summed E-state index contributed by atoms with van der Waals surface area (Å²) in [5, 5.41) is 10.6. The first-order valence-electron chi connectivity index (χ1n) is 6.12. The molecule has 0 atom stereocenters. The van der Waals surface area contributed by atoms with Crippen molar-refractivity contribution in [2.24, 2.45) is 0 Å². The minimum Gasteiger partial charge on any atom is -0.354 e. The van der Waals surface area contributed by atoms with Crippen LogP contribution in [0.4, 0.5) is 0 Å². The van der Waals surface area contributed by atoms with E-state index in [1.165, 1.54) is 29.8 Å². The van der Waals surface area contributed by atoms with Crippen molar-refractivity contribution in [1.29, 1.82) is 0 Å². The summed E-state index contributed by atoms with van der Waals surface area (Å²) in [4.78, 5) is 12.0. The number of sulfonamides is 1. The molecule has 0 saturated heterocycles. The van der Waals surface area contributed by atoms with Gasteiger partial charge in [0.2, 0.25) is 10.0 Å². The maximum absolute atomic E-state index is 12.5. The Bertz CT molecular complexity index is 748. The van der Waals surface area contributed by atoms with Crippen molar-refractivity contribution >= 4 is 27.3 Å². The predicted molar refractivity (Wildman–Crippen MR) is 79.7 cm³/mol. The summed E-state index contributed by atoms with van der Waals surface area (Å²) in [6, 6.07) is 1.39. The fourth-order valence-corrected chi connectivity index (χ4v) is 4.09. The van der Waals surface area contributed by atoms with E-state index >= 15 is 0 Å². The van der Waals surface area contributed by atoms with Gasteiger partial charge >= 0.3 is 0 Å². The van der Waals surface area contributed by atoms with Crippen LogP contribution in [0, 0.1) is 6.92 Å². The maximum atomic E-state index is 12.5. The SMILES string of the molecule is CNC(=O)c1cc(S(=O)(=O)N(C)Cc2cn[nH]c2C)cs1. The highest BCUT2D eigenvalue weighted by molar-refractivity contribution is 7.89. The number of amides is 1. The second kappa shape index (κ2) is 5.96. The van der Waals surface area contributed by atoms with Crippen LogP contribution in [0.5, 0.6) is 0 Å². The molecule has 2 heterocycles. The zero-order valence-corrected chi connectivity index (χ0v) is 13.5. The lowest BCUT2D eigenvalue weighted by molar-refractivity contribution is 0.0967. The van der Waals surface area contributed by atoms with Crippen LogP contribution in [0.25, 0.3) is 0 Å². The molecule has 2 N–H and O–H groups in total. The number of nitrogens with one attached hydrogen (secondary N) is 2. The van der Waals surface area contributed by atoms with Crippen LogP contribution in [-0.4, -0.2) is 42.9 Å². The first kappa shape index (κ1) is 15.7. The van der Waals surface area contributed by atoms with Crippen molar-refractivity contribution in [2.75, 3.05) is 14.1 Å². The number of carbonyl (C=O) groups excluding carboxylic acids is 1. The number of aryl methyl sites for hydroxylation is 1. The van der Waals surface area contributed by atoms with E-state index in [1.54, 1.807) is 6.20 Å². The van der Waals surface area contributed by atoms with Crippen LogP contribution in [0.2, 0.25) is 0 Å². The minimum atomic E-state index is -3.63. The highest BCUT2D eigenvalue weighted by Crippen LogP contribution is 2.23. The van der Waals surface area contributed by atoms with Gasteiger partial charge in [0, 0.05) is 37.3 Å². The second-order valence-corrected chi connectivity index (χ2v) is 7.46. The van der Waals surface area contributed by atoms with Crippen LogP contribution in [-0.2, 0) is 16.6 Å². The molecule has 2 aromatic heterocycles. The monoisotopic (exact) mass is 328 g/mol. The molecule has 2 rings (SSSR count). The summed E-state index contributed by atoms with van der Waals surface area (Å²) in [5.41, 5.74) is 1.64. The number of thiophene rings is 1. The minimum absolute atomic E-state index is 0.120. The quantitative estimate of drug-likeness (QED) is 0.854. The summed E-state index contributed by atoms with van der Waals surface area (Å²) >= 11 is 1.10.